The molecule has 0 aliphatic rings. The number of rotatable bonds is 6. The zero-order valence-corrected chi connectivity index (χ0v) is 10.7. The largest absolute Gasteiger partial charge is 0.548 e. The first-order valence-electron chi connectivity index (χ1n) is 5.36. The Labute approximate surface area is 108 Å². The summed E-state index contributed by atoms with van der Waals surface area (Å²) in [6.07, 6.45) is 0. The standard InChI is InChI=1S/C12H15NO4S/c1-9(14)13-11(12(15)16)8-18(17)7-10-5-3-2-4-6-10/h2-6,11H,7-8H2,1H3,(H,13,14)(H,15,16)/p-1/t11-,18+/m0/s1. The summed E-state index contributed by atoms with van der Waals surface area (Å²) in [4.78, 5) is 21.6. The summed E-state index contributed by atoms with van der Waals surface area (Å²) in [5, 5.41) is 13.0. The second-order valence-corrected chi connectivity index (χ2v) is 5.31. The molecule has 0 aliphatic carbocycles. The Morgan fingerprint density at radius 3 is 2.44 bits per heavy atom. The topological polar surface area (TPSA) is 86.3 Å². The van der Waals surface area contributed by atoms with Crippen molar-refractivity contribution >= 4 is 22.7 Å². The minimum Gasteiger partial charge on any atom is -0.548 e. The lowest BCUT2D eigenvalue weighted by Gasteiger charge is -2.18. The predicted octanol–water partition coefficient (Wildman–Crippen LogP) is -0.810. The van der Waals surface area contributed by atoms with E-state index < -0.39 is 28.7 Å². The zero-order chi connectivity index (χ0) is 13.5. The Bertz CT molecular complexity index is 447. The van der Waals surface area contributed by atoms with Crippen molar-refractivity contribution < 1.29 is 18.9 Å². The molecule has 0 bridgehead atoms. The number of carboxylic acids is 1. The third-order valence-electron chi connectivity index (χ3n) is 2.19. The number of carbonyl (C=O) groups excluding carboxylic acids is 2. The summed E-state index contributed by atoms with van der Waals surface area (Å²) in [6, 6.07) is 7.88. The third kappa shape index (κ3) is 5.09. The number of hydrogen-bond donors (Lipinski definition) is 1. The van der Waals surface area contributed by atoms with E-state index in [1.165, 1.54) is 6.92 Å². The highest BCUT2D eigenvalue weighted by atomic mass is 32.2. The average Bonchev–Trinajstić information content (AvgIpc) is 2.28. The van der Waals surface area contributed by atoms with Crippen LogP contribution in [0.2, 0.25) is 0 Å². The molecule has 0 radical (unpaired) electrons. The van der Waals surface area contributed by atoms with Crippen molar-refractivity contribution in [2.75, 3.05) is 5.75 Å². The lowest BCUT2D eigenvalue weighted by atomic mass is 10.2. The van der Waals surface area contributed by atoms with Gasteiger partial charge in [-0.05, 0) is 5.56 Å². The lowest BCUT2D eigenvalue weighted by molar-refractivity contribution is -0.307. The molecule has 0 unspecified atom stereocenters. The van der Waals surface area contributed by atoms with Gasteiger partial charge in [0.25, 0.3) is 0 Å². The van der Waals surface area contributed by atoms with Crippen molar-refractivity contribution in [2.45, 2.75) is 18.7 Å². The maximum atomic E-state index is 11.8. The van der Waals surface area contributed by atoms with Gasteiger partial charge in [0.1, 0.15) is 0 Å². The first-order valence-corrected chi connectivity index (χ1v) is 6.84. The van der Waals surface area contributed by atoms with Crippen LogP contribution in [0.3, 0.4) is 0 Å². The molecule has 98 valence electrons. The van der Waals surface area contributed by atoms with Crippen LogP contribution in [-0.4, -0.2) is 27.9 Å². The van der Waals surface area contributed by atoms with Crippen LogP contribution in [0.15, 0.2) is 30.3 Å². The van der Waals surface area contributed by atoms with Gasteiger partial charge in [-0.2, -0.15) is 0 Å². The van der Waals surface area contributed by atoms with Gasteiger partial charge in [-0.3, -0.25) is 9.00 Å². The fourth-order valence-electron chi connectivity index (χ4n) is 1.42. The summed E-state index contributed by atoms with van der Waals surface area (Å²) >= 11 is 0. The molecule has 5 nitrogen and oxygen atoms in total. The Hall–Kier alpha value is -1.69. The number of nitrogens with one attached hydrogen (secondary N) is 1. The van der Waals surface area contributed by atoms with Crippen molar-refractivity contribution in [2.24, 2.45) is 0 Å². The fraction of sp³-hybridized carbons (Fsp3) is 0.333. The normalized spacial score (nSPS) is 13.6. The van der Waals surface area contributed by atoms with Gasteiger partial charge in [0.05, 0.1) is 12.0 Å². The molecule has 0 heterocycles. The molecular weight excluding hydrogens is 254 g/mol. The van der Waals surface area contributed by atoms with Gasteiger partial charge in [-0.25, -0.2) is 0 Å². The van der Waals surface area contributed by atoms with Crippen LogP contribution in [0.5, 0.6) is 0 Å². The van der Waals surface area contributed by atoms with Crippen LogP contribution in [0.25, 0.3) is 0 Å². The number of carboxylic acid groups (broad SMARTS) is 1. The molecular formula is C12H14NO4S-. The molecule has 0 spiro atoms. The molecule has 1 aromatic carbocycles. The summed E-state index contributed by atoms with van der Waals surface area (Å²) in [7, 11) is -1.37. The van der Waals surface area contributed by atoms with Gasteiger partial charge in [0, 0.05) is 29.2 Å². The van der Waals surface area contributed by atoms with E-state index in [0.717, 1.165) is 5.56 Å². The van der Waals surface area contributed by atoms with E-state index in [4.69, 9.17) is 0 Å². The quantitative estimate of drug-likeness (QED) is 0.731. The van der Waals surface area contributed by atoms with E-state index in [9.17, 15) is 18.9 Å². The van der Waals surface area contributed by atoms with Crippen molar-refractivity contribution in [1.82, 2.24) is 5.32 Å². The molecule has 1 rings (SSSR count). The van der Waals surface area contributed by atoms with Crippen molar-refractivity contribution in [3.63, 3.8) is 0 Å². The fourth-order valence-corrected chi connectivity index (χ4v) is 2.69. The molecule has 1 N–H and O–H groups in total. The minimum atomic E-state index is -1.42. The molecule has 18 heavy (non-hydrogen) atoms. The third-order valence-corrected chi connectivity index (χ3v) is 3.55. The number of carbonyl (C=O) groups is 2. The average molecular weight is 268 g/mol. The molecule has 0 saturated heterocycles. The van der Waals surface area contributed by atoms with E-state index in [2.05, 4.69) is 5.32 Å². The number of aliphatic carboxylic acids is 1. The van der Waals surface area contributed by atoms with Gasteiger partial charge >= 0.3 is 0 Å². The number of amides is 1. The Morgan fingerprint density at radius 2 is 1.94 bits per heavy atom. The second-order valence-electron chi connectivity index (χ2n) is 3.81. The van der Waals surface area contributed by atoms with Gasteiger partial charge < -0.3 is 15.2 Å². The van der Waals surface area contributed by atoms with Crippen molar-refractivity contribution in [3.05, 3.63) is 35.9 Å². The molecule has 0 fully saturated rings. The van der Waals surface area contributed by atoms with Crippen LogP contribution < -0.4 is 10.4 Å². The lowest BCUT2D eigenvalue weighted by Crippen LogP contribution is -2.50. The predicted molar refractivity (Wildman–Crippen MR) is 65.8 cm³/mol. The first kappa shape index (κ1) is 14.4. The number of benzene rings is 1. The summed E-state index contributed by atoms with van der Waals surface area (Å²) in [5.74, 6) is -1.81. The molecule has 0 saturated carbocycles. The summed E-state index contributed by atoms with van der Waals surface area (Å²) in [5.41, 5.74) is 0.857. The zero-order valence-electron chi connectivity index (χ0n) is 9.92. The first-order chi connectivity index (χ1) is 8.49. The van der Waals surface area contributed by atoms with Crippen LogP contribution in [0, 0.1) is 0 Å². The number of hydrogen-bond acceptors (Lipinski definition) is 4. The van der Waals surface area contributed by atoms with Crippen LogP contribution in [0.4, 0.5) is 0 Å². The highest BCUT2D eigenvalue weighted by Crippen LogP contribution is 2.04. The maximum absolute atomic E-state index is 11.8. The Morgan fingerprint density at radius 1 is 1.33 bits per heavy atom. The van der Waals surface area contributed by atoms with Gasteiger partial charge in [0.15, 0.2) is 0 Å². The Kier molecular flexibility index (Phi) is 5.51. The maximum Gasteiger partial charge on any atom is 0.217 e. The van der Waals surface area contributed by atoms with Gasteiger partial charge in [-0.1, -0.05) is 30.3 Å². The molecule has 2 atom stereocenters. The smallest absolute Gasteiger partial charge is 0.217 e. The van der Waals surface area contributed by atoms with Gasteiger partial charge in [0.2, 0.25) is 5.91 Å². The van der Waals surface area contributed by atoms with Gasteiger partial charge in [-0.15, -0.1) is 0 Å². The van der Waals surface area contributed by atoms with E-state index in [0.29, 0.717) is 0 Å². The van der Waals surface area contributed by atoms with Crippen LogP contribution in [-0.2, 0) is 26.1 Å². The summed E-state index contributed by atoms with van der Waals surface area (Å²) < 4.78 is 11.8. The highest BCUT2D eigenvalue weighted by molar-refractivity contribution is 7.84. The van der Waals surface area contributed by atoms with E-state index in [1.54, 1.807) is 0 Å². The SMILES string of the molecule is CC(=O)N[C@@H](C[S@](=O)Cc1ccccc1)C(=O)[O-]. The summed E-state index contributed by atoms with van der Waals surface area (Å²) in [6.45, 7) is 1.20. The molecule has 1 aromatic rings. The highest BCUT2D eigenvalue weighted by Gasteiger charge is 2.15. The molecule has 6 heteroatoms. The van der Waals surface area contributed by atoms with E-state index >= 15 is 0 Å². The van der Waals surface area contributed by atoms with Crippen LogP contribution >= 0.6 is 0 Å². The minimum absolute atomic E-state index is 0.156. The van der Waals surface area contributed by atoms with Crippen LogP contribution in [0.1, 0.15) is 12.5 Å². The molecule has 0 aromatic heterocycles. The van der Waals surface area contributed by atoms with Crippen molar-refractivity contribution in [1.29, 1.82) is 0 Å². The van der Waals surface area contributed by atoms with Crippen molar-refractivity contribution in [3.8, 4) is 0 Å². The monoisotopic (exact) mass is 268 g/mol. The van der Waals surface area contributed by atoms with E-state index in [1.807, 2.05) is 30.3 Å². The van der Waals surface area contributed by atoms with E-state index in [-0.39, 0.29) is 11.5 Å². The Balaban J connectivity index is 2.56. The molecule has 1 amide bonds. The molecule has 0 aliphatic heterocycles. The second kappa shape index (κ2) is 6.90.